The molecule has 2 aromatic rings. The van der Waals surface area contributed by atoms with Crippen molar-refractivity contribution in [2.75, 3.05) is 0 Å². The Bertz CT molecular complexity index is 587. The van der Waals surface area contributed by atoms with Gasteiger partial charge >= 0.3 is 0 Å². The maximum atomic E-state index is 14.0. The minimum absolute atomic E-state index is 0.309. The second kappa shape index (κ2) is 5.98. The number of hydrogen-bond donors (Lipinski definition) is 1. The third-order valence-electron chi connectivity index (χ3n) is 2.61. The maximum Gasteiger partial charge on any atom is 0.142 e. The Morgan fingerprint density at radius 1 is 1.06 bits per heavy atom. The summed E-state index contributed by atoms with van der Waals surface area (Å²) in [5, 5.41) is 0. The lowest BCUT2D eigenvalue weighted by atomic mass is 9.99. The molecule has 0 aliphatic heterocycles. The first-order chi connectivity index (χ1) is 8.50. The minimum Gasteiger partial charge on any atom is -0.320 e. The molecule has 2 aromatic carbocycles. The van der Waals surface area contributed by atoms with E-state index in [2.05, 4.69) is 54.5 Å². The molecule has 0 bridgehead atoms. The van der Waals surface area contributed by atoms with Crippen LogP contribution in [0.5, 0.6) is 0 Å². The fourth-order valence-electron chi connectivity index (χ4n) is 1.68. The van der Waals surface area contributed by atoms with E-state index in [1.54, 1.807) is 18.2 Å². The van der Waals surface area contributed by atoms with Gasteiger partial charge in [-0.1, -0.05) is 28.1 Å². The summed E-state index contributed by atoms with van der Waals surface area (Å²) in [6.07, 6.45) is 0. The molecule has 5 heteroatoms. The number of hydrogen-bond acceptors (Lipinski definition) is 1. The molecule has 0 spiro atoms. The smallest absolute Gasteiger partial charge is 0.142 e. The van der Waals surface area contributed by atoms with Crippen LogP contribution in [-0.4, -0.2) is 0 Å². The second-order valence-electron chi connectivity index (χ2n) is 3.79. The normalized spacial score (nSPS) is 12.5. The fraction of sp³-hybridized carbons (Fsp3) is 0.0769. The minimum atomic E-state index is -0.494. The van der Waals surface area contributed by atoms with Crippen molar-refractivity contribution in [3.63, 3.8) is 0 Å². The van der Waals surface area contributed by atoms with Crippen LogP contribution in [0.2, 0.25) is 0 Å². The van der Waals surface area contributed by atoms with E-state index in [0.29, 0.717) is 10.0 Å². The molecule has 0 heterocycles. The van der Waals surface area contributed by atoms with Gasteiger partial charge in [0.2, 0.25) is 0 Å². The molecule has 0 aliphatic rings. The van der Waals surface area contributed by atoms with E-state index in [0.717, 1.165) is 13.6 Å². The van der Waals surface area contributed by atoms with Gasteiger partial charge in [-0.05, 0) is 68.3 Å². The van der Waals surface area contributed by atoms with Gasteiger partial charge in [0.1, 0.15) is 5.82 Å². The third-order valence-corrected chi connectivity index (χ3v) is 4.62. The van der Waals surface area contributed by atoms with Gasteiger partial charge in [0.15, 0.2) is 0 Å². The SMILES string of the molecule is NC(c1cc(I)ccc1Br)c1cccc(Br)c1F. The van der Waals surface area contributed by atoms with Crippen LogP contribution < -0.4 is 5.73 Å². The predicted octanol–water partition coefficient (Wildman–Crippen LogP) is 5.00. The highest BCUT2D eigenvalue weighted by atomic mass is 127. The first-order valence-corrected chi connectivity index (χ1v) is 7.81. The van der Waals surface area contributed by atoms with Crippen LogP contribution in [0, 0.1) is 9.39 Å². The van der Waals surface area contributed by atoms with E-state index in [4.69, 9.17) is 5.73 Å². The molecule has 1 nitrogen and oxygen atoms in total. The summed E-state index contributed by atoms with van der Waals surface area (Å²) < 4.78 is 16.4. The molecule has 2 rings (SSSR count). The van der Waals surface area contributed by atoms with Crippen molar-refractivity contribution in [1.29, 1.82) is 0 Å². The molecule has 2 N–H and O–H groups in total. The molecule has 94 valence electrons. The highest BCUT2D eigenvalue weighted by Gasteiger charge is 2.17. The Balaban J connectivity index is 2.51. The van der Waals surface area contributed by atoms with Crippen molar-refractivity contribution in [3.8, 4) is 0 Å². The Labute approximate surface area is 135 Å². The first-order valence-electron chi connectivity index (χ1n) is 5.15. The summed E-state index contributed by atoms with van der Waals surface area (Å²) in [6.45, 7) is 0. The molecule has 0 amide bonds. The van der Waals surface area contributed by atoms with Gasteiger partial charge in [0.05, 0.1) is 10.5 Å². The molecule has 0 radical (unpaired) electrons. The van der Waals surface area contributed by atoms with Gasteiger partial charge in [0.25, 0.3) is 0 Å². The van der Waals surface area contributed by atoms with Crippen molar-refractivity contribution < 1.29 is 4.39 Å². The molecule has 1 atom stereocenters. The van der Waals surface area contributed by atoms with Crippen molar-refractivity contribution in [3.05, 3.63) is 65.9 Å². The molecular formula is C13H9Br2FIN. The van der Waals surface area contributed by atoms with E-state index in [1.807, 2.05) is 18.2 Å². The number of benzene rings is 2. The van der Waals surface area contributed by atoms with Crippen molar-refractivity contribution in [1.82, 2.24) is 0 Å². The second-order valence-corrected chi connectivity index (χ2v) is 6.74. The standard InChI is InChI=1S/C13H9Br2FIN/c14-10-5-4-7(17)6-9(10)13(18)8-2-1-3-11(15)12(8)16/h1-6,13H,18H2. The molecule has 0 saturated heterocycles. The average molecular weight is 485 g/mol. The topological polar surface area (TPSA) is 26.0 Å². The molecule has 1 unspecified atom stereocenters. The Kier molecular flexibility index (Phi) is 4.80. The van der Waals surface area contributed by atoms with E-state index < -0.39 is 6.04 Å². The molecule has 18 heavy (non-hydrogen) atoms. The average Bonchev–Trinajstić information content (AvgIpc) is 2.35. The van der Waals surface area contributed by atoms with Crippen molar-refractivity contribution in [2.45, 2.75) is 6.04 Å². The number of rotatable bonds is 2. The lowest BCUT2D eigenvalue weighted by Crippen LogP contribution is -2.14. The first kappa shape index (κ1) is 14.4. The Hall–Kier alpha value is 0.0200. The van der Waals surface area contributed by atoms with Crippen LogP contribution in [0.15, 0.2) is 45.3 Å². The van der Waals surface area contributed by atoms with Gasteiger partial charge in [-0.3, -0.25) is 0 Å². The number of nitrogens with two attached hydrogens (primary N) is 1. The molecule has 0 aliphatic carbocycles. The molecule has 0 aromatic heterocycles. The highest BCUT2D eigenvalue weighted by molar-refractivity contribution is 14.1. The zero-order valence-corrected chi connectivity index (χ0v) is 14.5. The summed E-state index contributed by atoms with van der Waals surface area (Å²) >= 11 is 8.84. The summed E-state index contributed by atoms with van der Waals surface area (Å²) in [5.74, 6) is -0.309. The summed E-state index contributed by atoms with van der Waals surface area (Å²) in [6, 6.07) is 10.5. The van der Waals surface area contributed by atoms with Crippen molar-refractivity contribution >= 4 is 54.5 Å². The van der Waals surface area contributed by atoms with Gasteiger partial charge in [-0.25, -0.2) is 4.39 Å². The zero-order valence-electron chi connectivity index (χ0n) is 9.13. The largest absolute Gasteiger partial charge is 0.320 e. The van der Waals surface area contributed by atoms with Gasteiger partial charge in [-0.2, -0.15) is 0 Å². The predicted molar refractivity (Wildman–Crippen MR) is 87.0 cm³/mol. The monoisotopic (exact) mass is 483 g/mol. The van der Waals surface area contributed by atoms with E-state index in [-0.39, 0.29) is 5.82 Å². The van der Waals surface area contributed by atoms with E-state index >= 15 is 0 Å². The van der Waals surface area contributed by atoms with Crippen LogP contribution >= 0.6 is 54.5 Å². The van der Waals surface area contributed by atoms with E-state index in [1.165, 1.54) is 0 Å². The molecule has 0 saturated carbocycles. The number of halogens is 4. The van der Waals surface area contributed by atoms with Gasteiger partial charge in [0, 0.05) is 13.6 Å². The van der Waals surface area contributed by atoms with Crippen molar-refractivity contribution in [2.24, 2.45) is 5.73 Å². The molecular weight excluding hydrogens is 476 g/mol. The molecule has 0 fully saturated rings. The summed E-state index contributed by atoms with van der Waals surface area (Å²) in [7, 11) is 0. The zero-order chi connectivity index (χ0) is 13.3. The fourth-order valence-corrected chi connectivity index (χ4v) is 3.07. The summed E-state index contributed by atoms with van der Waals surface area (Å²) in [4.78, 5) is 0. The quantitative estimate of drug-likeness (QED) is 0.596. The third kappa shape index (κ3) is 2.95. The van der Waals surface area contributed by atoms with E-state index in [9.17, 15) is 4.39 Å². The Morgan fingerprint density at radius 2 is 1.78 bits per heavy atom. The van der Waals surface area contributed by atoms with Gasteiger partial charge < -0.3 is 5.73 Å². The van der Waals surface area contributed by atoms with Crippen LogP contribution in [0.25, 0.3) is 0 Å². The van der Waals surface area contributed by atoms with Gasteiger partial charge in [-0.15, -0.1) is 0 Å². The lowest BCUT2D eigenvalue weighted by Gasteiger charge is -2.16. The van der Waals surface area contributed by atoms with Crippen LogP contribution in [0.3, 0.4) is 0 Å². The van der Waals surface area contributed by atoms with Crippen LogP contribution in [0.4, 0.5) is 4.39 Å². The summed E-state index contributed by atoms with van der Waals surface area (Å²) in [5.41, 5.74) is 7.51. The maximum absolute atomic E-state index is 14.0. The lowest BCUT2D eigenvalue weighted by molar-refractivity contribution is 0.593. The van der Waals surface area contributed by atoms with Crippen LogP contribution in [0.1, 0.15) is 17.2 Å². The Morgan fingerprint density at radius 3 is 2.50 bits per heavy atom. The highest BCUT2D eigenvalue weighted by Crippen LogP contribution is 2.31. The van der Waals surface area contributed by atoms with Crippen LogP contribution in [-0.2, 0) is 0 Å².